The van der Waals surface area contributed by atoms with E-state index in [4.69, 9.17) is 51.7 Å². The molecule has 21 unspecified atom stereocenters. The zero-order valence-corrected chi connectivity index (χ0v) is 56.0. The van der Waals surface area contributed by atoms with Crippen LogP contribution in [-0.2, 0) is 86.2 Å². The lowest BCUT2D eigenvalue weighted by atomic mass is 9.79. The molecule has 30 heteroatoms. The molecule has 7 aliphatic rings. The number of amides is 1. The Morgan fingerprint density at radius 2 is 1.62 bits per heavy atom. The standard InChI is InChI=1S/C64H99NO27S2/c1-38(14-10-12-28-82-54(72)16-9-8-15-53(71)65-35-44(66)32-48(68)58(92-94(79,80)81)49(69)37-85-93(76,77)78)36-83-60(74)61(7,75)34-46-19-20-52(70)64(88-46)33-39(2)30-51(89-64)40(3)17-18-45-22-26-63(87-45)27-23-50-59(91-63)55(73)43(6)57(86-50)47(67)31-42(5)56-41(4)21-25-62(90-56)24-11-13-29-84-62/h9-10,12,14,16-18,33,40-42,44-52,55-59,66-70,73,75H,6,8,11,13,15,19-32,34-37H2,1-5,7H3,(H,65,71)(H,76,77,78)(H,79,80,81). The van der Waals surface area contributed by atoms with Gasteiger partial charge in [0.25, 0.3) is 0 Å². The molecule has 3 spiro atoms. The topological polar surface area (TPSA) is 415 Å². The van der Waals surface area contributed by atoms with Crippen molar-refractivity contribution in [3.63, 3.8) is 0 Å². The third-order valence-electron chi connectivity index (χ3n) is 18.5. The second-order valence-corrected chi connectivity index (χ2v) is 28.8. The number of rotatable bonds is 30. The molecule has 21 atom stereocenters. The number of carbonyl (C=O) groups excluding carboxylic acids is 3. The quantitative estimate of drug-likeness (QED) is 0.0161. The van der Waals surface area contributed by atoms with Crippen LogP contribution in [0.15, 0.2) is 71.9 Å². The number of aliphatic hydroxyl groups excluding tert-OH is 6. The summed E-state index contributed by atoms with van der Waals surface area (Å²) < 4.78 is 126. The highest BCUT2D eigenvalue weighted by Gasteiger charge is 2.55. The van der Waals surface area contributed by atoms with Gasteiger partial charge in [-0.25, -0.2) is 18.0 Å². The van der Waals surface area contributed by atoms with E-state index in [0.717, 1.165) is 43.8 Å². The molecule has 0 aromatic heterocycles. The number of fused-ring (bicyclic) bond motifs is 1. The van der Waals surface area contributed by atoms with E-state index in [-0.39, 0.29) is 62.9 Å². The van der Waals surface area contributed by atoms with Gasteiger partial charge in [-0.2, -0.15) is 16.8 Å². The smallest absolute Gasteiger partial charge is 0.397 e. The molecule has 7 rings (SSSR count). The number of aliphatic hydroxyl groups is 7. The zero-order chi connectivity index (χ0) is 69.0. The number of hydrogen-bond acceptors (Lipinski definition) is 25. The largest absolute Gasteiger partial charge is 0.459 e. The molecule has 94 heavy (non-hydrogen) atoms. The van der Waals surface area contributed by atoms with Crippen molar-refractivity contribution in [3.8, 4) is 0 Å². The van der Waals surface area contributed by atoms with E-state index >= 15 is 0 Å². The first-order chi connectivity index (χ1) is 44.1. The van der Waals surface area contributed by atoms with Gasteiger partial charge in [-0.15, -0.1) is 0 Å². The van der Waals surface area contributed by atoms with Gasteiger partial charge in [0.15, 0.2) is 17.2 Å². The Hall–Kier alpha value is -3.97. The van der Waals surface area contributed by atoms with Crippen LogP contribution in [0.2, 0.25) is 0 Å². The third-order valence-corrected chi connectivity index (χ3v) is 19.4. The van der Waals surface area contributed by atoms with Crippen LogP contribution in [0.4, 0.5) is 0 Å². The predicted molar refractivity (Wildman–Crippen MR) is 333 cm³/mol. The maximum Gasteiger partial charge on any atom is 0.397 e. The molecule has 0 radical (unpaired) electrons. The van der Waals surface area contributed by atoms with Gasteiger partial charge in [0.1, 0.15) is 49.8 Å². The molecular weight excluding hydrogens is 1280 g/mol. The molecule has 534 valence electrons. The van der Waals surface area contributed by atoms with E-state index < -0.39 is 154 Å². The van der Waals surface area contributed by atoms with Crippen LogP contribution in [0.25, 0.3) is 0 Å². The summed E-state index contributed by atoms with van der Waals surface area (Å²) in [5.41, 5.74) is -0.0760. The second-order valence-electron chi connectivity index (χ2n) is 26.7. The Bertz CT molecular complexity index is 2950. The monoisotopic (exact) mass is 1380 g/mol. The fraction of sp³-hybridized carbons (Fsp3) is 0.766. The Morgan fingerprint density at radius 1 is 0.883 bits per heavy atom. The average Bonchev–Trinajstić information content (AvgIpc) is 1.36. The molecule has 28 nitrogen and oxygen atoms in total. The van der Waals surface area contributed by atoms with E-state index in [9.17, 15) is 67.0 Å². The highest BCUT2D eigenvalue weighted by atomic mass is 32.3. The molecular formula is C64H99NO27S2. The fourth-order valence-electron chi connectivity index (χ4n) is 13.4. The average molecular weight is 1380 g/mol. The molecule has 7 heterocycles. The maximum atomic E-state index is 13.3. The summed E-state index contributed by atoms with van der Waals surface area (Å²) in [6.07, 6.45) is 6.14. The molecule has 10 N–H and O–H groups in total. The van der Waals surface area contributed by atoms with Crippen molar-refractivity contribution in [2.24, 2.45) is 17.8 Å². The van der Waals surface area contributed by atoms with Gasteiger partial charge >= 0.3 is 32.7 Å². The van der Waals surface area contributed by atoms with Crippen molar-refractivity contribution in [2.75, 3.05) is 33.0 Å². The Kier molecular flexibility index (Phi) is 27.8. The van der Waals surface area contributed by atoms with Crippen LogP contribution in [0.3, 0.4) is 0 Å². The highest BCUT2D eigenvalue weighted by molar-refractivity contribution is 7.81. The molecule has 0 aliphatic carbocycles. The van der Waals surface area contributed by atoms with E-state index in [0.29, 0.717) is 68.6 Å². The van der Waals surface area contributed by atoms with Crippen molar-refractivity contribution >= 4 is 38.6 Å². The molecule has 0 bridgehead atoms. The molecule has 1 amide bonds. The minimum absolute atomic E-state index is 0.0100. The zero-order valence-electron chi connectivity index (χ0n) is 54.4. The Balaban J connectivity index is 0.787. The summed E-state index contributed by atoms with van der Waals surface area (Å²) in [4.78, 5) is 37.8. The first-order valence-corrected chi connectivity index (χ1v) is 35.2. The molecule has 7 aliphatic heterocycles. The van der Waals surface area contributed by atoms with Gasteiger partial charge in [-0.3, -0.25) is 13.9 Å². The minimum atomic E-state index is -5.32. The molecule has 6 fully saturated rings. The normalized spacial score (nSPS) is 34.2. The molecule has 0 aromatic rings. The summed E-state index contributed by atoms with van der Waals surface area (Å²) in [7, 11) is -10.4. The van der Waals surface area contributed by atoms with Crippen molar-refractivity contribution in [3.05, 3.63) is 71.9 Å². The van der Waals surface area contributed by atoms with Gasteiger partial charge in [0.05, 0.1) is 62.0 Å². The van der Waals surface area contributed by atoms with E-state index in [1.165, 1.54) is 19.1 Å². The summed E-state index contributed by atoms with van der Waals surface area (Å²) in [5.74, 6) is -5.10. The fourth-order valence-corrected chi connectivity index (χ4v) is 14.2. The first kappa shape index (κ1) is 77.4. The highest BCUT2D eigenvalue weighted by Crippen LogP contribution is 2.48. The lowest BCUT2D eigenvalue weighted by Gasteiger charge is -2.50. The van der Waals surface area contributed by atoms with Gasteiger partial charge in [0.2, 0.25) is 11.7 Å². The Morgan fingerprint density at radius 3 is 2.33 bits per heavy atom. The number of allylic oxidation sites excluding steroid dienone is 3. The second kappa shape index (κ2) is 33.7. The SMILES string of the molecule is C=C1C(O)C2OC3(CCC(C=CC(C)C4CC(C)=CC5(OC(CC(C)(O)C(=O)OCC(C)=CC=CCOC(=O)C=CCCC(=O)NCC(O)CC(O)C(OS(=O)(=O)O)C(O)COS(=O)(=O)O)CCC5O)O4)O3)CCC2OC1C(O)CC(C)C1OC2(CCCCO2)CCC1C. The van der Waals surface area contributed by atoms with E-state index in [2.05, 4.69) is 34.1 Å². The van der Waals surface area contributed by atoms with Crippen molar-refractivity contribution in [1.29, 1.82) is 0 Å². The predicted octanol–water partition coefficient (Wildman–Crippen LogP) is 3.65. The molecule has 6 saturated heterocycles. The maximum absolute atomic E-state index is 13.3. The summed E-state index contributed by atoms with van der Waals surface area (Å²) >= 11 is 0. The summed E-state index contributed by atoms with van der Waals surface area (Å²) in [5, 5.41) is 79.1. The Labute approximate surface area is 550 Å². The number of ether oxygens (including phenoxy) is 9. The van der Waals surface area contributed by atoms with Crippen LogP contribution >= 0.6 is 0 Å². The first-order valence-electron chi connectivity index (χ1n) is 32.5. The molecule has 0 aromatic carbocycles. The number of hydrogen-bond donors (Lipinski definition) is 10. The van der Waals surface area contributed by atoms with Crippen molar-refractivity contribution in [2.45, 2.75) is 259 Å². The number of esters is 2. The van der Waals surface area contributed by atoms with Crippen LogP contribution in [0.5, 0.6) is 0 Å². The lowest BCUT2D eigenvalue weighted by Crippen LogP contribution is -2.60. The van der Waals surface area contributed by atoms with Crippen LogP contribution in [0.1, 0.15) is 151 Å². The van der Waals surface area contributed by atoms with Crippen molar-refractivity contribution in [1.82, 2.24) is 5.32 Å². The van der Waals surface area contributed by atoms with Gasteiger partial charge in [0, 0.05) is 63.5 Å². The third kappa shape index (κ3) is 22.3. The van der Waals surface area contributed by atoms with Crippen molar-refractivity contribution < 1.29 is 127 Å². The number of carbonyl (C=O) groups is 3. The molecule has 0 saturated carbocycles. The van der Waals surface area contributed by atoms with Gasteiger partial charge in [-0.1, -0.05) is 63.3 Å². The van der Waals surface area contributed by atoms with Crippen LogP contribution in [0, 0.1) is 17.8 Å². The summed E-state index contributed by atoms with van der Waals surface area (Å²) in [6.45, 7) is 14.1. The summed E-state index contributed by atoms with van der Waals surface area (Å²) in [6, 6.07) is 0. The number of nitrogens with one attached hydrogen (secondary N) is 1. The van der Waals surface area contributed by atoms with E-state index in [1.54, 1.807) is 25.2 Å². The van der Waals surface area contributed by atoms with Crippen LogP contribution < -0.4 is 5.32 Å². The van der Waals surface area contributed by atoms with E-state index in [1.807, 2.05) is 26.0 Å². The lowest BCUT2D eigenvalue weighted by molar-refractivity contribution is -0.321. The van der Waals surface area contributed by atoms with Gasteiger partial charge in [-0.05, 0) is 120 Å². The van der Waals surface area contributed by atoms with Gasteiger partial charge < -0.3 is 83.7 Å². The van der Waals surface area contributed by atoms with Crippen LogP contribution in [-0.4, -0.2) is 221 Å². The minimum Gasteiger partial charge on any atom is -0.459 e.